The van der Waals surface area contributed by atoms with Crippen molar-refractivity contribution in [3.05, 3.63) is 41.3 Å². The second-order valence-electron chi connectivity index (χ2n) is 12.0. The van der Waals surface area contributed by atoms with E-state index in [1.165, 1.54) is 50.8 Å². The van der Waals surface area contributed by atoms with Gasteiger partial charge in [0.1, 0.15) is 0 Å². The minimum absolute atomic E-state index is 0.281. The molecule has 8 heteroatoms. The molecular weight excluding hydrogens is 448 g/mol. The van der Waals surface area contributed by atoms with Gasteiger partial charge in [0.2, 0.25) is 5.95 Å². The van der Waals surface area contributed by atoms with Gasteiger partial charge in [-0.3, -0.25) is 9.58 Å². The topological polar surface area (TPSA) is 68.1 Å². The maximum absolute atomic E-state index is 6.60. The van der Waals surface area contributed by atoms with Crippen LogP contribution in [0.3, 0.4) is 0 Å². The van der Waals surface area contributed by atoms with E-state index in [1.54, 1.807) is 0 Å². The van der Waals surface area contributed by atoms with Gasteiger partial charge in [0, 0.05) is 35.9 Å². The molecule has 3 saturated carbocycles. The Labute approximate surface area is 203 Å². The monoisotopic (exact) mass is 476 g/mol. The fraction of sp³-hybridized carbons (Fsp3) is 0.577. The van der Waals surface area contributed by atoms with E-state index < -0.39 is 0 Å². The van der Waals surface area contributed by atoms with Crippen LogP contribution in [-0.2, 0) is 4.74 Å². The first kappa shape index (κ1) is 20.0. The molecule has 2 aromatic heterocycles. The molecule has 1 N–H and O–H groups in total. The first-order chi connectivity index (χ1) is 16.4. The summed E-state index contributed by atoms with van der Waals surface area (Å²) in [4.78, 5) is 11.9. The number of hydrogen-bond acceptors (Lipinski definition) is 6. The normalized spacial score (nSPS) is 27.9. The van der Waals surface area contributed by atoms with Gasteiger partial charge in [0.15, 0.2) is 0 Å². The Morgan fingerprint density at radius 3 is 2.65 bits per heavy atom. The molecule has 34 heavy (non-hydrogen) atoms. The highest BCUT2D eigenvalue weighted by molar-refractivity contribution is 6.32. The molecule has 3 aliphatic carbocycles. The maximum atomic E-state index is 6.60. The van der Waals surface area contributed by atoms with Crippen LogP contribution in [0, 0.1) is 10.8 Å². The van der Waals surface area contributed by atoms with Crippen LogP contribution in [0.25, 0.3) is 10.9 Å². The van der Waals surface area contributed by atoms with Gasteiger partial charge < -0.3 is 10.1 Å². The van der Waals surface area contributed by atoms with E-state index >= 15 is 0 Å². The first-order valence-electron chi connectivity index (χ1n) is 12.5. The highest BCUT2D eigenvalue weighted by Gasteiger charge is 2.63. The van der Waals surface area contributed by atoms with E-state index in [2.05, 4.69) is 44.2 Å². The quantitative estimate of drug-likeness (QED) is 0.564. The predicted molar refractivity (Wildman–Crippen MR) is 131 cm³/mol. The highest BCUT2D eigenvalue weighted by atomic mass is 35.5. The third-order valence-corrected chi connectivity index (χ3v) is 9.69. The Morgan fingerprint density at radius 1 is 1.12 bits per heavy atom. The number of fused-ring (bicyclic) bond motifs is 1. The molecule has 2 spiro atoms. The lowest BCUT2D eigenvalue weighted by molar-refractivity contribution is -0.210. The molecule has 1 aromatic carbocycles. The standard InChI is InChI=1S/C26H29ClN6O/c1-24(14-34-15-24)32-12-25(13-32)6-18(7-25)33-11-17(10-29-33)30-23-28-9-16-4-21(27)19(5-22(16)31-23)20-8-26(20)2-3-26/h4-5,9-11,18,20H,2-3,6-8,12-15H2,1H3,(H,28,30,31). The van der Waals surface area contributed by atoms with E-state index in [9.17, 15) is 0 Å². The number of hydrogen-bond donors (Lipinski definition) is 1. The van der Waals surface area contributed by atoms with Crippen molar-refractivity contribution in [1.82, 2.24) is 24.6 Å². The van der Waals surface area contributed by atoms with Crippen LogP contribution in [0.5, 0.6) is 0 Å². The molecule has 1 unspecified atom stereocenters. The number of anilines is 2. The van der Waals surface area contributed by atoms with Crippen LogP contribution >= 0.6 is 11.6 Å². The van der Waals surface area contributed by atoms with Gasteiger partial charge in [-0.25, -0.2) is 9.97 Å². The lowest BCUT2D eigenvalue weighted by Gasteiger charge is -2.65. The SMILES string of the molecule is CC1(N2CC3(CC(n4cc(Nc5ncc6cc(Cl)c(C7CC78CC8)cc6n5)cn4)C3)C2)COC1. The summed E-state index contributed by atoms with van der Waals surface area (Å²) in [6.07, 6.45) is 12.2. The molecule has 2 aliphatic heterocycles. The second-order valence-corrected chi connectivity index (χ2v) is 12.4. The van der Waals surface area contributed by atoms with Crippen LogP contribution in [-0.4, -0.2) is 56.5 Å². The predicted octanol–water partition coefficient (Wildman–Crippen LogP) is 4.92. The second kappa shape index (κ2) is 6.50. The summed E-state index contributed by atoms with van der Waals surface area (Å²) >= 11 is 6.60. The van der Waals surface area contributed by atoms with E-state index in [0.29, 0.717) is 28.7 Å². The molecule has 0 radical (unpaired) electrons. The molecule has 0 amide bonds. The zero-order chi connectivity index (χ0) is 22.7. The first-order valence-corrected chi connectivity index (χ1v) is 12.9. The summed E-state index contributed by atoms with van der Waals surface area (Å²) < 4.78 is 7.55. The van der Waals surface area contributed by atoms with Gasteiger partial charge in [0.25, 0.3) is 0 Å². The molecule has 1 atom stereocenters. The summed E-state index contributed by atoms with van der Waals surface area (Å²) in [5.74, 6) is 1.22. The molecule has 2 saturated heterocycles. The van der Waals surface area contributed by atoms with Crippen LogP contribution < -0.4 is 5.32 Å². The van der Waals surface area contributed by atoms with E-state index in [1.807, 2.05) is 18.5 Å². The van der Waals surface area contributed by atoms with E-state index in [0.717, 1.165) is 34.8 Å². The average Bonchev–Trinajstić information content (AvgIpc) is 3.63. The Morgan fingerprint density at radius 2 is 1.94 bits per heavy atom. The van der Waals surface area contributed by atoms with Gasteiger partial charge in [-0.05, 0) is 73.5 Å². The Kier molecular flexibility index (Phi) is 3.83. The minimum atomic E-state index is 0.281. The summed E-state index contributed by atoms with van der Waals surface area (Å²) in [7, 11) is 0. The van der Waals surface area contributed by atoms with Crippen molar-refractivity contribution in [3.63, 3.8) is 0 Å². The summed E-state index contributed by atoms with van der Waals surface area (Å²) in [5.41, 5.74) is 4.49. The van der Waals surface area contributed by atoms with E-state index in [4.69, 9.17) is 21.3 Å². The molecule has 8 rings (SSSR count). The molecule has 5 fully saturated rings. The van der Waals surface area contributed by atoms with Gasteiger partial charge in [0.05, 0.1) is 42.2 Å². The van der Waals surface area contributed by atoms with Crippen LogP contribution in [0.2, 0.25) is 5.02 Å². The molecule has 4 heterocycles. The van der Waals surface area contributed by atoms with Gasteiger partial charge >= 0.3 is 0 Å². The fourth-order valence-electron chi connectivity index (χ4n) is 6.74. The zero-order valence-electron chi connectivity index (χ0n) is 19.4. The third kappa shape index (κ3) is 2.93. The third-order valence-electron chi connectivity index (χ3n) is 9.37. The lowest BCUT2D eigenvalue weighted by Crippen LogP contribution is -2.73. The molecule has 7 nitrogen and oxygen atoms in total. The van der Waals surface area contributed by atoms with Crippen molar-refractivity contribution in [1.29, 1.82) is 0 Å². The number of likely N-dealkylation sites (tertiary alicyclic amines) is 1. The molecule has 3 aromatic rings. The number of nitrogens with zero attached hydrogens (tertiary/aromatic N) is 5. The molecular formula is C26H29ClN6O. The molecule has 5 aliphatic rings. The average molecular weight is 477 g/mol. The fourth-order valence-corrected chi connectivity index (χ4v) is 7.04. The number of benzene rings is 1. The van der Waals surface area contributed by atoms with Crippen molar-refractivity contribution in [2.75, 3.05) is 31.6 Å². The Balaban J connectivity index is 0.946. The van der Waals surface area contributed by atoms with Gasteiger partial charge in [-0.15, -0.1) is 0 Å². The number of aromatic nitrogens is 4. The summed E-state index contributed by atoms with van der Waals surface area (Å²) in [6, 6.07) is 4.69. The zero-order valence-corrected chi connectivity index (χ0v) is 20.2. The Hall–Kier alpha value is -2.22. The van der Waals surface area contributed by atoms with E-state index in [-0.39, 0.29) is 5.54 Å². The number of halogens is 1. The largest absolute Gasteiger partial charge is 0.377 e. The molecule has 0 bridgehead atoms. The van der Waals surface area contributed by atoms with Crippen molar-refractivity contribution < 1.29 is 4.74 Å². The van der Waals surface area contributed by atoms with Crippen LogP contribution in [0.4, 0.5) is 11.6 Å². The number of nitrogens with one attached hydrogen (secondary N) is 1. The van der Waals surface area contributed by atoms with Crippen LogP contribution in [0.1, 0.15) is 56.6 Å². The van der Waals surface area contributed by atoms with Crippen molar-refractivity contribution in [2.45, 2.75) is 56.5 Å². The number of ether oxygens (including phenoxy) is 1. The molecule has 176 valence electrons. The Bertz CT molecular complexity index is 1310. The minimum Gasteiger partial charge on any atom is -0.377 e. The number of rotatable bonds is 5. The van der Waals surface area contributed by atoms with Crippen molar-refractivity contribution >= 4 is 34.1 Å². The lowest BCUT2D eigenvalue weighted by atomic mass is 9.59. The van der Waals surface area contributed by atoms with Gasteiger partial charge in [-0.1, -0.05) is 11.6 Å². The van der Waals surface area contributed by atoms with Gasteiger partial charge in [-0.2, -0.15) is 5.10 Å². The van der Waals surface area contributed by atoms with Crippen molar-refractivity contribution in [3.8, 4) is 0 Å². The smallest absolute Gasteiger partial charge is 0.227 e. The van der Waals surface area contributed by atoms with Crippen LogP contribution in [0.15, 0.2) is 30.7 Å². The summed E-state index contributed by atoms with van der Waals surface area (Å²) in [6.45, 7) is 6.49. The van der Waals surface area contributed by atoms with Crippen molar-refractivity contribution in [2.24, 2.45) is 10.8 Å². The summed E-state index contributed by atoms with van der Waals surface area (Å²) in [5, 5.41) is 9.84. The highest BCUT2D eigenvalue weighted by Crippen LogP contribution is 2.75. The maximum Gasteiger partial charge on any atom is 0.227 e.